The van der Waals surface area contributed by atoms with Crippen molar-refractivity contribution in [2.45, 2.75) is 18.2 Å². The second-order valence-corrected chi connectivity index (χ2v) is 4.31. The van der Waals surface area contributed by atoms with Gasteiger partial charge in [-0.3, -0.25) is 4.79 Å². The van der Waals surface area contributed by atoms with Crippen LogP contribution < -0.4 is 0 Å². The second-order valence-electron chi connectivity index (χ2n) is 3.39. The van der Waals surface area contributed by atoms with Crippen LogP contribution in [0.2, 0.25) is 0 Å². The van der Waals surface area contributed by atoms with Crippen molar-refractivity contribution in [3.63, 3.8) is 0 Å². The summed E-state index contributed by atoms with van der Waals surface area (Å²) in [6, 6.07) is 3.69. The van der Waals surface area contributed by atoms with Gasteiger partial charge in [-0.25, -0.2) is 13.6 Å². The summed E-state index contributed by atoms with van der Waals surface area (Å²) in [5.74, 6) is -1.82. The molecule has 0 fully saturated rings. The molecule has 0 heterocycles. The predicted molar refractivity (Wildman–Crippen MR) is 60.7 cm³/mol. The number of carbonyl (C=O) groups excluding carboxylic acids is 1. The summed E-state index contributed by atoms with van der Waals surface area (Å²) in [7, 11) is 0. The summed E-state index contributed by atoms with van der Waals surface area (Å²) in [6.07, 6.45) is -2.90. The maximum atomic E-state index is 12.7. The first kappa shape index (κ1) is 13.8. The van der Waals surface area contributed by atoms with Crippen LogP contribution in [0.3, 0.4) is 0 Å². The molecule has 0 spiro atoms. The van der Waals surface area contributed by atoms with E-state index in [-0.39, 0.29) is 11.3 Å². The zero-order valence-electron chi connectivity index (χ0n) is 8.78. The summed E-state index contributed by atoms with van der Waals surface area (Å²) in [5.41, 5.74) is -1.05. The lowest BCUT2D eigenvalue weighted by Gasteiger charge is -2.13. The minimum Gasteiger partial charge on any atom is -0.478 e. The first-order chi connectivity index (χ1) is 7.86. The molecule has 0 saturated carbocycles. The molecule has 1 aromatic rings. The Kier molecular flexibility index (Phi) is 4.34. The van der Waals surface area contributed by atoms with Gasteiger partial charge in [-0.15, -0.1) is 0 Å². The Hall–Kier alpha value is -1.30. The number of alkyl halides is 3. The lowest BCUT2D eigenvalue weighted by molar-refractivity contribution is -0.116. The highest BCUT2D eigenvalue weighted by atomic mass is 79.9. The van der Waals surface area contributed by atoms with E-state index < -0.39 is 28.3 Å². The van der Waals surface area contributed by atoms with Crippen molar-refractivity contribution in [3.8, 4) is 0 Å². The standard InChI is InChI=1S/C11H9BrF2O3/c1-5(15)9(12)6-3-2-4-7(10(13)14)8(6)11(16)17/h2-4,9-10H,1H3,(H,16,17). The number of Topliss-reactive ketones (excluding diaryl/α,β-unsaturated/α-hetero) is 1. The topological polar surface area (TPSA) is 54.4 Å². The SMILES string of the molecule is CC(=O)C(Br)c1cccc(C(F)F)c1C(=O)O. The molecule has 1 N–H and O–H groups in total. The highest BCUT2D eigenvalue weighted by Gasteiger charge is 2.26. The fourth-order valence-corrected chi connectivity index (χ4v) is 1.83. The van der Waals surface area contributed by atoms with Gasteiger partial charge in [0.2, 0.25) is 0 Å². The molecule has 0 aliphatic carbocycles. The Bertz CT molecular complexity index is 460. The minimum atomic E-state index is -2.90. The number of halogens is 3. The number of carboxylic acids is 1. The summed E-state index contributed by atoms with van der Waals surface area (Å²) in [4.78, 5) is 21.3. The van der Waals surface area contributed by atoms with Gasteiger partial charge >= 0.3 is 5.97 Å². The van der Waals surface area contributed by atoms with Crippen molar-refractivity contribution < 1.29 is 23.5 Å². The predicted octanol–water partition coefficient (Wildman–Crippen LogP) is 3.35. The number of aromatic carboxylic acids is 1. The number of rotatable bonds is 4. The van der Waals surface area contributed by atoms with Crippen LogP contribution in [-0.2, 0) is 4.79 Å². The van der Waals surface area contributed by atoms with Gasteiger partial charge in [0.15, 0.2) is 0 Å². The summed E-state index contributed by atoms with van der Waals surface area (Å²) < 4.78 is 25.3. The molecule has 17 heavy (non-hydrogen) atoms. The van der Waals surface area contributed by atoms with E-state index in [4.69, 9.17) is 5.11 Å². The smallest absolute Gasteiger partial charge is 0.336 e. The van der Waals surface area contributed by atoms with Gasteiger partial charge in [-0.2, -0.15) is 0 Å². The molecular weight excluding hydrogens is 298 g/mol. The van der Waals surface area contributed by atoms with Gasteiger partial charge in [0.25, 0.3) is 6.43 Å². The Labute approximate surface area is 105 Å². The lowest BCUT2D eigenvalue weighted by atomic mass is 9.97. The number of carboxylic acid groups (broad SMARTS) is 1. The first-order valence-electron chi connectivity index (χ1n) is 4.65. The van der Waals surface area contributed by atoms with Crippen molar-refractivity contribution in [1.29, 1.82) is 0 Å². The number of hydrogen-bond acceptors (Lipinski definition) is 2. The van der Waals surface area contributed by atoms with Crippen molar-refractivity contribution >= 4 is 27.7 Å². The van der Waals surface area contributed by atoms with Crippen LogP contribution in [0.15, 0.2) is 18.2 Å². The van der Waals surface area contributed by atoms with Gasteiger partial charge in [0.05, 0.1) is 10.4 Å². The fourth-order valence-electron chi connectivity index (χ4n) is 1.45. The van der Waals surface area contributed by atoms with E-state index in [0.717, 1.165) is 6.07 Å². The summed E-state index contributed by atoms with van der Waals surface area (Å²) in [5, 5.41) is 8.96. The first-order valence-corrected chi connectivity index (χ1v) is 5.56. The second kappa shape index (κ2) is 5.35. The van der Waals surface area contributed by atoms with E-state index in [9.17, 15) is 18.4 Å². The van der Waals surface area contributed by atoms with Crippen molar-refractivity contribution in [2.75, 3.05) is 0 Å². The van der Waals surface area contributed by atoms with E-state index >= 15 is 0 Å². The van der Waals surface area contributed by atoms with Crippen molar-refractivity contribution in [2.24, 2.45) is 0 Å². The highest BCUT2D eigenvalue weighted by molar-refractivity contribution is 9.09. The molecule has 0 saturated heterocycles. The third-order valence-electron chi connectivity index (χ3n) is 2.21. The molecule has 0 radical (unpaired) electrons. The van der Waals surface area contributed by atoms with Crippen molar-refractivity contribution in [1.82, 2.24) is 0 Å². The normalized spacial score (nSPS) is 12.5. The highest BCUT2D eigenvalue weighted by Crippen LogP contribution is 2.32. The molecule has 1 atom stereocenters. The maximum Gasteiger partial charge on any atom is 0.336 e. The molecule has 0 aliphatic rings. The molecular formula is C11H9BrF2O3. The van der Waals surface area contributed by atoms with Crippen LogP contribution >= 0.6 is 15.9 Å². The lowest BCUT2D eigenvalue weighted by Crippen LogP contribution is -2.12. The number of benzene rings is 1. The Morgan fingerprint density at radius 2 is 1.82 bits per heavy atom. The molecule has 6 heteroatoms. The Morgan fingerprint density at radius 1 is 1.29 bits per heavy atom. The third-order valence-corrected chi connectivity index (χ3v) is 3.35. The van der Waals surface area contributed by atoms with Gasteiger partial charge in [-0.05, 0) is 12.5 Å². The third kappa shape index (κ3) is 2.88. The van der Waals surface area contributed by atoms with Crippen LogP contribution in [0, 0.1) is 0 Å². The Balaban J connectivity index is 3.45. The molecule has 0 amide bonds. The fraction of sp³-hybridized carbons (Fsp3) is 0.273. The van der Waals surface area contributed by atoms with Crippen LogP contribution in [0.25, 0.3) is 0 Å². The number of hydrogen-bond donors (Lipinski definition) is 1. The zero-order chi connectivity index (χ0) is 13.2. The van der Waals surface area contributed by atoms with E-state index in [1.54, 1.807) is 0 Å². The summed E-state index contributed by atoms with van der Waals surface area (Å²) in [6.45, 7) is 1.25. The van der Waals surface area contributed by atoms with Gasteiger partial charge in [0, 0.05) is 5.56 Å². The monoisotopic (exact) mass is 306 g/mol. The molecule has 3 nitrogen and oxygen atoms in total. The minimum absolute atomic E-state index is 0.0443. The van der Waals surface area contributed by atoms with Gasteiger partial charge < -0.3 is 5.11 Å². The van der Waals surface area contributed by atoms with Crippen LogP contribution in [0.5, 0.6) is 0 Å². The average Bonchev–Trinajstić information content (AvgIpc) is 2.26. The quantitative estimate of drug-likeness (QED) is 0.868. The molecule has 1 aromatic carbocycles. The van der Waals surface area contributed by atoms with E-state index in [0.29, 0.717) is 0 Å². The van der Waals surface area contributed by atoms with Crippen molar-refractivity contribution in [3.05, 3.63) is 34.9 Å². The van der Waals surface area contributed by atoms with Gasteiger partial charge in [-0.1, -0.05) is 34.1 Å². The molecule has 1 rings (SSSR count). The van der Waals surface area contributed by atoms with Gasteiger partial charge in [0.1, 0.15) is 5.78 Å². The van der Waals surface area contributed by atoms with Crippen LogP contribution in [0.1, 0.15) is 39.7 Å². The van der Waals surface area contributed by atoms with E-state index in [1.807, 2.05) is 0 Å². The molecule has 0 aromatic heterocycles. The molecule has 0 aliphatic heterocycles. The Morgan fingerprint density at radius 3 is 2.24 bits per heavy atom. The van der Waals surface area contributed by atoms with Crippen LogP contribution in [-0.4, -0.2) is 16.9 Å². The molecule has 0 bridgehead atoms. The largest absolute Gasteiger partial charge is 0.478 e. The van der Waals surface area contributed by atoms with E-state index in [1.165, 1.54) is 19.1 Å². The average molecular weight is 307 g/mol. The molecule has 1 unspecified atom stereocenters. The zero-order valence-corrected chi connectivity index (χ0v) is 10.4. The summed E-state index contributed by atoms with van der Waals surface area (Å²) >= 11 is 2.99. The maximum absolute atomic E-state index is 12.7. The number of ketones is 1. The van der Waals surface area contributed by atoms with E-state index in [2.05, 4.69) is 15.9 Å². The van der Waals surface area contributed by atoms with Crippen LogP contribution in [0.4, 0.5) is 8.78 Å². The molecule has 92 valence electrons. The number of carbonyl (C=O) groups is 2.